The number of anilines is 1. The lowest BCUT2D eigenvalue weighted by molar-refractivity contribution is 0.0527. The molecular formula is C14H13FN2O2. The standard InChI is InChI=1S/C14H13FN2O2/c1-2-19-14(18)12-7-10(8-17-13(12)16)9-3-5-11(15)6-4-9/h3-8H,2H2,1H3,(H2,16,17). The lowest BCUT2D eigenvalue weighted by Crippen LogP contribution is -2.09. The Bertz CT molecular complexity index is 597. The summed E-state index contributed by atoms with van der Waals surface area (Å²) >= 11 is 0. The summed E-state index contributed by atoms with van der Waals surface area (Å²) in [6.45, 7) is 1.98. The van der Waals surface area contributed by atoms with Crippen LogP contribution in [0.4, 0.5) is 10.2 Å². The zero-order chi connectivity index (χ0) is 13.8. The molecule has 0 aliphatic rings. The van der Waals surface area contributed by atoms with Gasteiger partial charge in [-0.25, -0.2) is 14.2 Å². The number of esters is 1. The van der Waals surface area contributed by atoms with Crippen LogP contribution in [0.5, 0.6) is 0 Å². The number of carbonyl (C=O) groups is 1. The third-order valence-corrected chi connectivity index (χ3v) is 2.59. The van der Waals surface area contributed by atoms with E-state index in [2.05, 4.69) is 4.98 Å². The fraction of sp³-hybridized carbons (Fsp3) is 0.143. The molecule has 0 unspecified atom stereocenters. The van der Waals surface area contributed by atoms with Crippen LogP contribution in [0.25, 0.3) is 11.1 Å². The molecule has 0 saturated heterocycles. The molecule has 0 bridgehead atoms. The predicted octanol–water partition coefficient (Wildman–Crippen LogP) is 2.65. The van der Waals surface area contributed by atoms with Crippen molar-refractivity contribution >= 4 is 11.8 Å². The van der Waals surface area contributed by atoms with Crippen LogP contribution in [0.1, 0.15) is 17.3 Å². The van der Waals surface area contributed by atoms with Gasteiger partial charge in [0, 0.05) is 11.8 Å². The van der Waals surface area contributed by atoms with Gasteiger partial charge in [0.1, 0.15) is 17.2 Å². The molecule has 1 aromatic carbocycles. The Labute approximate surface area is 110 Å². The molecule has 1 aromatic heterocycles. The summed E-state index contributed by atoms with van der Waals surface area (Å²) in [5, 5.41) is 0. The van der Waals surface area contributed by atoms with Crippen molar-refractivity contribution < 1.29 is 13.9 Å². The first kappa shape index (κ1) is 13.0. The third-order valence-electron chi connectivity index (χ3n) is 2.59. The quantitative estimate of drug-likeness (QED) is 0.861. The molecular weight excluding hydrogens is 247 g/mol. The van der Waals surface area contributed by atoms with Crippen LogP contribution >= 0.6 is 0 Å². The van der Waals surface area contributed by atoms with Gasteiger partial charge >= 0.3 is 5.97 Å². The third kappa shape index (κ3) is 2.88. The molecule has 2 aromatic rings. The summed E-state index contributed by atoms with van der Waals surface area (Å²) in [5.74, 6) is -0.724. The van der Waals surface area contributed by atoms with E-state index in [1.54, 1.807) is 25.1 Å². The number of carbonyl (C=O) groups excluding carboxylic acids is 1. The van der Waals surface area contributed by atoms with Crippen molar-refractivity contribution in [1.82, 2.24) is 4.98 Å². The average molecular weight is 260 g/mol. The van der Waals surface area contributed by atoms with E-state index in [4.69, 9.17) is 10.5 Å². The van der Waals surface area contributed by atoms with Crippen LogP contribution in [-0.4, -0.2) is 17.6 Å². The van der Waals surface area contributed by atoms with Crippen molar-refractivity contribution in [2.45, 2.75) is 6.92 Å². The highest BCUT2D eigenvalue weighted by Crippen LogP contribution is 2.22. The minimum atomic E-state index is -0.517. The fourth-order valence-electron chi connectivity index (χ4n) is 1.65. The van der Waals surface area contributed by atoms with Gasteiger partial charge in [0.25, 0.3) is 0 Å². The Morgan fingerprint density at radius 3 is 2.63 bits per heavy atom. The minimum absolute atomic E-state index is 0.115. The number of hydrogen-bond donors (Lipinski definition) is 1. The van der Waals surface area contributed by atoms with Crippen LogP contribution < -0.4 is 5.73 Å². The molecule has 0 aliphatic heterocycles. The SMILES string of the molecule is CCOC(=O)c1cc(-c2ccc(F)cc2)cnc1N. The Hall–Kier alpha value is -2.43. The minimum Gasteiger partial charge on any atom is -0.462 e. The summed E-state index contributed by atoms with van der Waals surface area (Å²) < 4.78 is 17.8. The number of nitrogens with zero attached hydrogens (tertiary/aromatic N) is 1. The first-order valence-corrected chi connectivity index (χ1v) is 5.80. The summed E-state index contributed by atoms with van der Waals surface area (Å²) in [6, 6.07) is 7.49. The molecule has 0 fully saturated rings. The highest BCUT2D eigenvalue weighted by atomic mass is 19.1. The number of aromatic nitrogens is 1. The van der Waals surface area contributed by atoms with E-state index in [0.29, 0.717) is 5.56 Å². The van der Waals surface area contributed by atoms with Crippen LogP contribution in [0.3, 0.4) is 0 Å². The zero-order valence-electron chi connectivity index (χ0n) is 10.4. The monoisotopic (exact) mass is 260 g/mol. The van der Waals surface area contributed by atoms with Gasteiger partial charge in [-0.05, 0) is 30.7 Å². The second-order valence-corrected chi connectivity index (χ2v) is 3.88. The normalized spacial score (nSPS) is 10.2. The molecule has 2 N–H and O–H groups in total. The molecule has 19 heavy (non-hydrogen) atoms. The maximum Gasteiger partial charge on any atom is 0.341 e. The van der Waals surface area contributed by atoms with E-state index in [0.717, 1.165) is 5.56 Å². The molecule has 2 rings (SSSR count). The molecule has 0 atom stereocenters. The van der Waals surface area contributed by atoms with Gasteiger partial charge in [-0.3, -0.25) is 0 Å². The molecule has 5 heteroatoms. The Morgan fingerprint density at radius 2 is 2.00 bits per heavy atom. The number of pyridine rings is 1. The van der Waals surface area contributed by atoms with Gasteiger partial charge in [0.2, 0.25) is 0 Å². The summed E-state index contributed by atoms with van der Waals surface area (Å²) in [6.07, 6.45) is 1.53. The van der Waals surface area contributed by atoms with Gasteiger partial charge in [-0.2, -0.15) is 0 Å². The van der Waals surface area contributed by atoms with Gasteiger partial charge < -0.3 is 10.5 Å². The number of rotatable bonds is 3. The van der Waals surface area contributed by atoms with E-state index in [9.17, 15) is 9.18 Å². The lowest BCUT2D eigenvalue weighted by Gasteiger charge is -2.07. The summed E-state index contributed by atoms with van der Waals surface area (Å²) in [7, 11) is 0. The number of benzene rings is 1. The highest BCUT2D eigenvalue weighted by molar-refractivity contribution is 5.95. The number of ether oxygens (including phenoxy) is 1. The number of nitrogens with two attached hydrogens (primary N) is 1. The zero-order valence-corrected chi connectivity index (χ0v) is 10.4. The molecule has 1 heterocycles. The van der Waals surface area contributed by atoms with Crippen molar-refractivity contribution in [2.24, 2.45) is 0 Å². The maximum absolute atomic E-state index is 12.9. The molecule has 0 spiro atoms. The van der Waals surface area contributed by atoms with E-state index in [-0.39, 0.29) is 23.8 Å². The smallest absolute Gasteiger partial charge is 0.341 e. The van der Waals surface area contributed by atoms with Crippen LogP contribution in [0.15, 0.2) is 36.5 Å². The van der Waals surface area contributed by atoms with Gasteiger partial charge in [0.05, 0.1) is 6.61 Å². The summed E-state index contributed by atoms with van der Waals surface area (Å²) in [5.41, 5.74) is 7.29. The van der Waals surface area contributed by atoms with Gasteiger partial charge in [-0.1, -0.05) is 12.1 Å². The largest absolute Gasteiger partial charge is 0.462 e. The molecule has 0 radical (unpaired) electrons. The van der Waals surface area contributed by atoms with Gasteiger partial charge in [0.15, 0.2) is 0 Å². The molecule has 0 saturated carbocycles. The Balaban J connectivity index is 2.40. The number of hydrogen-bond acceptors (Lipinski definition) is 4. The summed E-state index contributed by atoms with van der Waals surface area (Å²) in [4.78, 5) is 15.7. The van der Waals surface area contributed by atoms with Crippen LogP contribution in [-0.2, 0) is 4.74 Å². The Morgan fingerprint density at radius 1 is 1.32 bits per heavy atom. The fourth-order valence-corrected chi connectivity index (χ4v) is 1.65. The number of halogens is 1. The molecule has 0 aliphatic carbocycles. The lowest BCUT2D eigenvalue weighted by atomic mass is 10.1. The van der Waals surface area contributed by atoms with Crippen molar-refractivity contribution in [1.29, 1.82) is 0 Å². The predicted molar refractivity (Wildman–Crippen MR) is 70.0 cm³/mol. The van der Waals surface area contributed by atoms with E-state index in [1.807, 2.05) is 0 Å². The van der Waals surface area contributed by atoms with Crippen molar-refractivity contribution in [3.63, 3.8) is 0 Å². The second kappa shape index (κ2) is 5.48. The molecule has 98 valence electrons. The van der Waals surface area contributed by atoms with Crippen molar-refractivity contribution in [2.75, 3.05) is 12.3 Å². The maximum atomic E-state index is 12.9. The molecule has 0 amide bonds. The first-order chi connectivity index (χ1) is 9.11. The van der Waals surface area contributed by atoms with E-state index in [1.165, 1.54) is 18.3 Å². The first-order valence-electron chi connectivity index (χ1n) is 5.80. The molecule has 4 nitrogen and oxygen atoms in total. The van der Waals surface area contributed by atoms with Crippen molar-refractivity contribution in [3.05, 3.63) is 47.9 Å². The van der Waals surface area contributed by atoms with Crippen LogP contribution in [0.2, 0.25) is 0 Å². The van der Waals surface area contributed by atoms with Crippen LogP contribution in [0, 0.1) is 5.82 Å². The second-order valence-electron chi connectivity index (χ2n) is 3.88. The van der Waals surface area contributed by atoms with E-state index < -0.39 is 5.97 Å². The van der Waals surface area contributed by atoms with Crippen molar-refractivity contribution in [3.8, 4) is 11.1 Å². The average Bonchev–Trinajstić information content (AvgIpc) is 2.40. The topological polar surface area (TPSA) is 65.2 Å². The highest BCUT2D eigenvalue weighted by Gasteiger charge is 2.13. The van der Waals surface area contributed by atoms with E-state index >= 15 is 0 Å². The Kier molecular flexibility index (Phi) is 3.75. The number of nitrogen functional groups attached to an aromatic ring is 1. The van der Waals surface area contributed by atoms with Gasteiger partial charge in [-0.15, -0.1) is 0 Å².